The summed E-state index contributed by atoms with van der Waals surface area (Å²) in [6, 6.07) is 5.70. The van der Waals surface area contributed by atoms with Gasteiger partial charge in [-0.05, 0) is 23.0 Å². The van der Waals surface area contributed by atoms with Crippen LogP contribution in [-0.2, 0) is 16.0 Å². The van der Waals surface area contributed by atoms with E-state index < -0.39 is 23.5 Å². The van der Waals surface area contributed by atoms with E-state index in [4.69, 9.17) is 5.73 Å². The van der Waals surface area contributed by atoms with Gasteiger partial charge in [0.1, 0.15) is 0 Å². The van der Waals surface area contributed by atoms with Crippen LogP contribution in [0.1, 0.15) is 37.9 Å². The molecule has 0 saturated heterocycles. The highest BCUT2D eigenvalue weighted by molar-refractivity contribution is 5.88. The van der Waals surface area contributed by atoms with E-state index in [0.717, 1.165) is 5.56 Å². The van der Waals surface area contributed by atoms with Crippen molar-refractivity contribution in [3.63, 3.8) is 0 Å². The summed E-state index contributed by atoms with van der Waals surface area (Å²) in [7, 11) is 0. The molecule has 0 radical (unpaired) electrons. The Labute approximate surface area is 124 Å². The molecule has 3 N–H and O–H groups in total. The third-order valence-electron chi connectivity index (χ3n) is 4.00. The lowest BCUT2D eigenvalue weighted by molar-refractivity contribution is -0.152. The monoisotopic (exact) mass is 290 g/mol. The van der Waals surface area contributed by atoms with E-state index in [1.807, 2.05) is 32.9 Å². The normalized spacial score (nSPS) is 19.8. The van der Waals surface area contributed by atoms with Crippen LogP contribution in [0, 0.1) is 5.41 Å². The number of carbonyl (C=O) groups is 2. The molecule has 1 aromatic carbocycles. The lowest BCUT2D eigenvalue weighted by Crippen LogP contribution is -2.54. The number of carbonyl (C=O) groups excluding carboxylic acids is 1. The summed E-state index contributed by atoms with van der Waals surface area (Å²) in [5, 5.41) is 9.55. The van der Waals surface area contributed by atoms with Crippen molar-refractivity contribution in [1.82, 2.24) is 4.90 Å². The fourth-order valence-corrected chi connectivity index (χ4v) is 2.62. The Balaban J connectivity index is 2.37. The maximum atomic E-state index is 12.6. The fourth-order valence-electron chi connectivity index (χ4n) is 2.62. The molecule has 0 bridgehead atoms. The second-order valence-corrected chi connectivity index (χ2v) is 6.56. The first kappa shape index (κ1) is 15.5. The predicted molar refractivity (Wildman–Crippen MR) is 79.7 cm³/mol. The number of nitrogens with two attached hydrogens (primary N) is 1. The van der Waals surface area contributed by atoms with Crippen molar-refractivity contribution in [2.75, 3.05) is 6.54 Å². The van der Waals surface area contributed by atoms with Crippen LogP contribution in [0.15, 0.2) is 24.3 Å². The zero-order chi connectivity index (χ0) is 15.8. The number of aliphatic carboxylic acids is 1. The van der Waals surface area contributed by atoms with Gasteiger partial charge in [0.2, 0.25) is 5.91 Å². The molecule has 5 heteroatoms. The van der Waals surface area contributed by atoms with Crippen LogP contribution in [0.3, 0.4) is 0 Å². The summed E-state index contributed by atoms with van der Waals surface area (Å²) in [6.45, 7) is 6.02. The molecule has 2 atom stereocenters. The van der Waals surface area contributed by atoms with Gasteiger partial charge in [-0.2, -0.15) is 0 Å². The maximum Gasteiger partial charge on any atom is 0.331 e. The standard InChI is InChI=1S/C16H22N2O3/c1-16(2,3)13(17)14(19)18-9-8-10-6-4-5-7-11(10)12(18)15(20)21/h4-7,12-13H,8-9,17H2,1-3H3,(H,20,21)/t12?,13-/m0/s1. The minimum atomic E-state index is -1.02. The second kappa shape index (κ2) is 5.48. The molecule has 1 unspecified atom stereocenters. The molecule has 0 saturated carbocycles. The van der Waals surface area contributed by atoms with Crippen LogP contribution in [0.5, 0.6) is 0 Å². The Morgan fingerprint density at radius 1 is 1.33 bits per heavy atom. The summed E-state index contributed by atoms with van der Waals surface area (Å²) in [5.41, 5.74) is 7.29. The molecule has 5 nitrogen and oxygen atoms in total. The average molecular weight is 290 g/mol. The van der Waals surface area contributed by atoms with Gasteiger partial charge in [0.25, 0.3) is 0 Å². The molecular weight excluding hydrogens is 268 g/mol. The highest BCUT2D eigenvalue weighted by atomic mass is 16.4. The van der Waals surface area contributed by atoms with Crippen molar-refractivity contribution in [3.8, 4) is 0 Å². The van der Waals surface area contributed by atoms with Gasteiger partial charge in [-0.3, -0.25) is 4.79 Å². The summed E-state index contributed by atoms with van der Waals surface area (Å²) in [4.78, 5) is 25.7. The van der Waals surface area contributed by atoms with Crippen molar-refractivity contribution in [2.45, 2.75) is 39.3 Å². The van der Waals surface area contributed by atoms with Crippen molar-refractivity contribution >= 4 is 11.9 Å². The minimum absolute atomic E-state index is 0.301. The number of benzene rings is 1. The molecule has 0 aliphatic carbocycles. The molecule has 0 spiro atoms. The Bertz CT molecular complexity index is 563. The van der Waals surface area contributed by atoms with Crippen LogP contribution in [-0.4, -0.2) is 34.5 Å². The number of hydrogen-bond acceptors (Lipinski definition) is 3. The van der Waals surface area contributed by atoms with E-state index in [1.165, 1.54) is 4.90 Å². The molecule has 1 amide bonds. The van der Waals surface area contributed by atoms with E-state index in [0.29, 0.717) is 18.5 Å². The number of nitrogens with zero attached hydrogens (tertiary/aromatic N) is 1. The van der Waals surface area contributed by atoms with Gasteiger partial charge in [-0.25, -0.2) is 4.79 Å². The molecule has 1 aromatic rings. The van der Waals surface area contributed by atoms with E-state index >= 15 is 0 Å². The lowest BCUT2D eigenvalue weighted by atomic mass is 9.85. The average Bonchev–Trinajstić information content (AvgIpc) is 2.43. The number of carboxylic acid groups (broad SMARTS) is 1. The first-order chi connectivity index (χ1) is 9.73. The number of hydrogen-bond donors (Lipinski definition) is 2. The third-order valence-corrected chi connectivity index (χ3v) is 4.00. The summed E-state index contributed by atoms with van der Waals surface area (Å²) >= 11 is 0. The smallest absolute Gasteiger partial charge is 0.331 e. The molecule has 21 heavy (non-hydrogen) atoms. The van der Waals surface area contributed by atoms with E-state index in [2.05, 4.69) is 0 Å². The number of amides is 1. The van der Waals surface area contributed by atoms with Crippen LogP contribution in [0.25, 0.3) is 0 Å². The van der Waals surface area contributed by atoms with Crippen LogP contribution >= 0.6 is 0 Å². The summed E-state index contributed by atoms with van der Waals surface area (Å²) < 4.78 is 0. The highest BCUT2D eigenvalue weighted by Crippen LogP contribution is 2.32. The highest BCUT2D eigenvalue weighted by Gasteiger charge is 2.40. The van der Waals surface area contributed by atoms with Gasteiger partial charge in [-0.1, -0.05) is 45.0 Å². The predicted octanol–water partition coefficient (Wildman–Crippen LogP) is 1.57. The Morgan fingerprint density at radius 3 is 2.52 bits per heavy atom. The molecule has 1 aliphatic rings. The van der Waals surface area contributed by atoms with Crippen molar-refractivity contribution < 1.29 is 14.7 Å². The molecule has 2 rings (SSSR count). The Kier molecular flexibility index (Phi) is 4.05. The van der Waals surface area contributed by atoms with Crippen molar-refractivity contribution in [2.24, 2.45) is 11.1 Å². The largest absolute Gasteiger partial charge is 0.479 e. The number of fused-ring (bicyclic) bond motifs is 1. The third kappa shape index (κ3) is 2.93. The van der Waals surface area contributed by atoms with Crippen LogP contribution in [0.2, 0.25) is 0 Å². The van der Waals surface area contributed by atoms with Crippen molar-refractivity contribution in [3.05, 3.63) is 35.4 Å². The lowest BCUT2D eigenvalue weighted by Gasteiger charge is -2.38. The van der Waals surface area contributed by atoms with Crippen LogP contribution < -0.4 is 5.73 Å². The van der Waals surface area contributed by atoms with Crippen molar-refractivity contribution in [1.29, 1.82) is 0 Å². The van der Waals surface area contributed by atoms with Crippen LogP contribution in [0.4, 0.5) is 0 Å². The zero-order valence-corrected chi connectivity index (χ0v) is 12.7. The zero-order valence-electron chi connectivity index (χ0n) is 12.7. The fraction of sp³-hybridized carbons (Fsp3) is 0.500. The summed E-state index contributed by atoms with van der Waals surface area (Å²) in [6.07, 6.45) is 0.655. The van der Waals surface area contributed by atoms with Gasteiger partial charge in [-0.15, -0.1) is 0 Å². The van der Waals surface area contributed by atoms with E-state index in [9.17, 15) is 14.7 Å². The molecule has 1 heterocycles. The van der Waals surface area contributed by atoms with Gasteiger partial charge in [0.15, 0.2) is 6.04 Å². The Hall–Kier alpha value is -1.88. The molecule has 0 fully saturated rings. The quantitative estimate of drug-likeness (QED) is 0.866. The molecular formula is C16H22N2O3. The number of rotatable bonds is 2. The molecule has 114 valence electrons. The minimum Gasteiger partial charge on any atom is -0.479 e. The van der Waals surface area contributed by atoms with Gasteiger partial charge in [0, 0.05) is 6.54 Å². The van der Waals surface area contributed by atoms with Gasteiger partial charge < -0.3 is 15.7 Å². The number of carboxylic acids is 1. The Morgan fingerprint density at radius 2 is 1.95 bits per heavy atom. The maximum absolute atomic E-state index is 12.6. The van der Waals surface area contributed by atoms with Gasteiger partial charge >= 0.3 is 5.97 Å². The molecule has 1 aliphatic heterocycles. The van der Waals surface area contributed by atoms with E-state index in [-0.39, 0.29) is 5.91 Å². The van der Waals surface area contributed by atoms with E-state index in [1.54, 1.807) is 12.1 Å². The first-order valence-corrected chi connectivity index (χ1v) is 7.10. The first-order valence-electron chi connectivity index (χ1n) is 7.10. The SMILES string of the molecule is CC(C)(C)[C@@H](N)C(=O)N1CCc2ccccc2C1C(=O)O. The second-order valence-electron chi connectivity index (χ2n) is 6.56. The summed E-state index contributed by atoms with van der Waals surface area (Å²) in [5.74, 6) is -1.32. The van der Waals surface area contributed by atoms with Gasteiger partial charge in [0.05, 0.1) is 6.04 Å². The topological polar surface area (TPSA) is 83.6 Å². The molecule has 0 aromatic heterocycles.